The van der Waals surface area contributed by atoms with Crippen LogP contribution in [-0.2, 0) is 6.54 Å². The van der Waals surface area contributed by atoms with E-state index < -0.39 is 0 Å². The molecule has 0 saturated carbocycles. The maximum atomic E-state index is 11.3. The van der Waals surface area contributed by atoms with Crippen LogP contribution in [0.25, 0.3) is 0 Å². The summed E-state index contributed by atoms with van der Waals surface area (Å²) in [4.78, 5) is 18.0. The van der Waals surface area contributed by atoms with Gasteiger partial charge in [-0.3, -0.25) is 15.1 Å². The Morgan fingerprint density at radius 2 is 2.53 bits per heavy atom. The Bertz CT molecular complexity index is 424. The van der Waals surface area contributed by atoms with E-state index in [9.17, 15) is 4.79 Å². The molecule has 1 amide bonds. The van der Waals surface area contributed by atoms with E-state index in [4.69, 9.17) is 10.9 Å². The van der Waals surface area contributed by atoms with E-state index in [1.807, 2.05) is 5.38 Å². The van der Waals surface area contributed by atoms with Gasteiger partial charge in [0.05, 0.1) is 5.69 Å². The lowest BCUT2D eigenvalue weighted by Gasteiger charge is -2.23. The molecule has 1 unspecified atom stereocenters. The van der Waals surface area contributed by atoms with E-state index in [2.05, 4.69) is 15.3 Å². The third-order valence-electron chi connectivity index (χ3n) is 3.44. The van der Waals surface area contributed by atoms with Crippen molar-refractivity contribution in [3.8, 4) is 0 Å². The van der Waals surface area contributed by atoms with Crippen LogP contribution in [0.2, 0.25) is 0 Å². The van der Waals surface area contributed by atoms with Gasteiger partial charge in [0.15, 0.2) is 5.01 Å². The lowest BCUT2D eigenvalue weighted by Crippen LogP contribution is -2.30. The summed E-state index contributed by atoms with van der Waals surface area (Å²) in [5, 5.41) is 11.2. The van der Waals surface area contributed by atoms with E-state index in [-0.39, 0.29) is 12.5 Å². The summed E-state index contributed by atoms with van der Waals surface area (Å²) in [7, 11) is 0. The molecule has 2 heterocycles. The Hall–Kier alpha value is -1.02. The third kappa shape index (κ3) is 3.73. The molecule has 7 heteroatoms. The van der Waals surface area contributed by atoms with Gasteiger partial charge < -0.3 is 5.11 Å². The maximum Gasteiger partial charge on any atom is 0.294 e. The highest BCUT2D eigenvalue weighted by molar-refractivity contribution is 7.11. The van der Waals surface area contributed by atoms with Gasteiger partial charge in [-0.1, -0.05) is 0 Å². The summed E-state index contributed by atoms with van der Waals surface area (Å²) >= 11 is 1.31. The topological polar surface area (TPSA) is 91.5 Å². The molecule has 0 aliphatic carbocycles. The average Bonchev–Trinajstić information content (AvgIpc) is 3.05. The van der Waals surface area contributed by atoms with Crippen LogP contribution in [0.1, 0.15) is 41.2 Å². The minimum atomic E-state index is -0.338. The molecule has 4 N–H and O–H groups in total. The number of aliphatic hydroxyl groups excluding tert-OH is 1. The highest BCUT2D eigenvalue weighted by Crippen LogP contribution is 2.24. The van der Waals surface area contributed by atoms with Crippen molar-refractivity contribution >= 4 is 17.2 Å². The number of nitrogens with one attached hydrogen (secondary N) is 1. The Balaban J connectivity index is 1.92. The average molecular weight is 284 g/mol. The molecule has 0 bridgehead atoms. The normalized spacial score (nSPS) is 19.8. The number of hydrogen-bond acceptors (Lipinski definition) is 6. The van der Waals surface area contributed by atoms with Gasteiger partial charge in [-0.25, -0.2) is 10.8 Å². The van der Waals surface area contributed by atoms with Crippen LogP contribution in [0.15, 0.2) is 5.38 Å². The minimum absolute atomic E-state index is 0.252. The van der Waals surface area contributed by atoms with Crippen molar-refractivity contribution in [1.82, 2.24) is 15.3 Å². The number of hydrazine groups is 1. The molecular formula is C12H20N4O2S. The van der Waals surface area contributed by atoms with Crippen molar-refractivity contribution < 1.29 is 9.90 Å². The molecule has 1 aliphatic heterocycles. The molecule has 0 aromatic carbocycles. The number of carbonyl (C=O) groups is 1. The second-order valence-corrected chi connectivity index (χ2v) is 5.61. The zero-order chi connectivity index (χ0) is 13.7. The number of thiazole rings is 1. The molecule has 6 nitrogen and oxygen atoms in total. The van der Waals surface area contributed by atoms with Crippen molar-refractivity contribution in [2.75, 3.05) is 13.2 Å². The molecule has 106 valence electrons. The Morgan fingerprint density at radius 3 is 3.26 bits per heavy atom. The minimum Gasteiger partial charge on any atom is -0.396 e. The van der Waals surface area contributed by atoms with Gasteiger partial charge in [0.2, 0.25) is 0 Å². The molecule has 1 aromatic rings. The monoisotopic (exact) mass is 284 g/mol. The largest absolute Gasteiger partial charge is 0.396 e. The number of carbonyl (C=O) groups excluding carboxylic acids is 1. The van der Waals surface area contributed by atoms with Crippen molar-refractivity contribution in [2.45, 2.75) is 38.3 Å². The smallest absolute Gasteiger partial charge is 0.294 e. The van der Waals surface area contributed by atoms with Crippen LogP contribution in [-0.4, -0.2) is 40.1 Å². The fourth-order valence-corrected chi connectivity index (χ4v) is 3.22. The van der Waals surface area contributed by atoms with Gasteiger partial charge in [-0.15, -0.1) is 11.3 Å². The Labute approximate surface area is 116 Å². The molecule has 1 atom stereocenters. The molecule has 19 heavy (non-hydrogen) atoms. The summed E-state index contributed by atoms with van der Waals surface area (Å²) in [6.45, 7) is 2.08. The predicted octanol–water partition coefficient (Wildman–Crippen LogP) is 0.483. The predicted molar refractivity (Wildman–Crippen MR) is 73.5 cm³/mol. The number of nitrogen functional groups attached to an aromatic ring is 1. The molecule has 1 aromatic heterocycles. The molecule has 1 saturated heterocycles. The highest BCUT2D eigenvalue weighted by Gasteiger charge is 2.24. The first kappa shape index (κ1) is 14.4. The lowest BCUT2D eigenvalue weighted by atomic mass is 10.1. The van der Waals surface area contributed by atoms with E-state index in [1.165, 1.54) is 24.2 Å². The number of amides is 1. The standard InChI is InChI=1S/C12H20N4O2S/c13-15-11(18)12-14-9(8-19-12)7-16-5-1-3-10(16)4-2-6-17/h8,10,17H,1-7,13H2,(H,15,18). The second kappa shape index (κ2) is 6.95. The van der Waals surface area contributed by atoms with Crippen LogP contribution in [0, 0.1) is 0 Å². The quantitative estimate of drug-likeness (QED) is 0.401. The van der Waals surface area contributed by atoms with Gasteiger partial charge in [-0.2, -0.15) is 0 Å². The highest BCUT2D eigenvalue weighted by atomic mass is 32.1. The van der Waals surface area contributed by atoms with Gasteiger partial charge >= 0.3 is 0 Å². The van der Waals surface area contributed by atoms with Gasteiger partial charge in [0.1, 0.15) is 0 Å². The molecule has 0 spiro atoms. The third-order valence-corrected chi connectivity index (χ3v) is 4.33. The summed E-state index contributed by atoms with van der Waals surface area (Å²) in [6, 6.07) is 0.528. The fourth-order valence-electron chi connectivity index (χ4n) is 2.51. The SMILES string of the molecule is NNC(=O)c1nc(CN2CCCC2CCCO)cs1. The van der Waals surface area contributed by atoms with Crippen molar-refractivity contribution in [1.29, 1.82) is 0 Å². The summed E-state index contributed by atoms with van der Waals surface area (Å²) in [5.74, 6) is 4.75. The molecule has 0 radical (unpaired) electrons. The zero-order valence-corrected chi connectivity index (χ0v) is 11.7. The van der Waals surface area contributed by atoms with E-state index in [0.717, 1.165) is 31.6 Å². The van der Waals surface area contributed by atoms with Crippen molar-refractivity contribution in [2.24, 2.45) is 5.84 Å². The number of hydrogen-bond donors (Lipinski definition) is 3. The van der Waals surface area contributed by atoms with Gasteiger partial charge in [-0.05, 0) is 32.2 Å². The van der Waals surface area contributed by atoms with Crippen LogP contribution in [0.5, 0.6) is 0 Å². The van der Waals surface area contributed by atoms with E-state index in [1.54, 1.807) is 0 Å². The summed E-state index contributed by atoms with van der Waals surface area (Å²) in [6.07, 6.45) is 4.24. The lowest BCUT2D eigenvalue weighted by molar-refractivity contribution is 0.0953. The summed E-state index contributed by atoms with van der Waals surface area (Å²) in [5.41, 5.74) is 3.01. The van der Waals surface area contributed by atoms with Crippen molar-refractivity contribution in [3.63, 3.8) is 0 Å². The van der Waals surface area contributed by atoms with Crippen LogP contribution < -0.4 is 11.3 Å². The second-order valence-electron chi connectivity index (χ2n) is 4.75. The zero-order valence-electron chi connectivity index (χ0n) is 10.8. The molecule has 2 rings (SSSR count). The first-order valence-corrected chi connectivity index (χ1v) is 7.43. The van der Waals surface area contributed by atoms with Crippen LogP contribution in [0.3, 0.4) is 0 Å². The molecule has 1 fully saturated rings. The van der Waals surface area contributed by atoms with E-state index >= 15 is 0 Å². The number of aromatic nitrogens is 1. The van der Waals surface area contributed by atoms with Crippen molar-refractivity contribution in [3.05, 3.63) is 16.1 Å². The van der Waals surface area contributed by atoms with Crippen LogP contribution in [0.4, 0.5) is 0 Å². The molecule has 1 aliphatic rings. The van der Waals surface area contributed by atoms with Gasteiger partial charge in [0.25, 0.3) is 5.91 Å². The summed E-state index contributed by atoms with van der Waals surface area (Å²) < 4.78 is 0. The maximum absolute atomic E-state index is 11.3. The fraction of sp³-hybridized carbons (Fsp3) is 0.667. The molecular weight excluding hydrogens is 264 g/mol. The van der Waals surface area contributed by atoms with Crippen LogP contribution >= 0.6 is 11.3 Å². The number of aliphatic hydroxyl groups is 1. The number of likely N-dealkylation sites (tertiary alicyclic amines) is 1. The first-order chi connectivity index (χ1) is 9.24. The van der Waals surface area contributed by atoms with E-state index in [0.29, 0.717) is 11.0 Å². The number of nitrogens with zero attached hydrogens (tertiary/aromatic N) is 2. The Kier molecular flexibility index (Phi) is 5.26. The first-order valence-electron chi connectivity index (χ1n) is 6.55. The number of nitrogens with two attached hydrogens (primary N) is 1. The Morgan fingerprint density at radius 1 is 1.68 bits per heavy atom. The van der Waals surface area contributed by atoms with Gasteiger partial charge in [0, 0.05) is 24.6 Å². The number of rotatable bonds is 6.